The number of carbonyl (C=O) groups excluding carboxylic acids is 2. The van der Waals surface area contributed by atoms with Crippen LogP contribution in [0.1, 0.15) is 79.6 Å². The lowest BCUT2D eigenvalue weighted by molar-refractivity contribution is -0.121. The quantitative estimate of drug-likeness (QED) is 0.574. The van der Waals surface area contributed by atoms with E-state index in [1.807, 2.05) is 6.92 Å². The highest BCUT2D eigenvalue weighted by atomic mass is 16.2. The van der Waals surface area contributed by atoms with Crippen molar-refractivity contribution < 1.29 is 9.59 Å². The smallest absolute Gasteiger partial charge is 0.219 e. The lowest BCUT2D eigenvalue weighted by Crippen LogP contribution is -2.35. The maximum atomic E-state index is 11.6. The van der Waals surface area contributed by atoms with Gasteiger partial charge in [0.15, 0.2) is 0 Å². The number of amides is 2. The second-order valence-electron chi connectivity index (χ2n) is 6.65. The Hall–Kier alpha value is -1.06. The van der Waals surface area contributed by atoms with E-state index in [1.165, 1.54) is 6.92 Å². The third-order valence-corrected chi connectivity index (χ3v) is 4.17. The van der Waals surface area contributed by atoms with Crippen LogP contribution in [0.5, 0.6) is 0 Å². The van der Waals surface area contributed by atoms with Crippen LogP contribution in [-0.2, 0) is 9.59 Å². The number of hydrogen-bond donors (Lipinski definition) is 2. The lowest BCUT2D eigenvalue weighted by atomic mass is 9.83. The number of rotatable bonds is 11. The maximum absolute atomic E-state index is 11.6. The second kappa shape index (κ2) is 10.6. The van der Waals surface area contributed by atoms with E-state index < -0.39 is 0 Å². The minimum Gasteiger partial charge on any atom is -0.356 e. The van der Waals surface area contributed by atoms with Crippen molar-refractivity contribution >= 4 is 11.8 Å². The van der Waals surface area contributed by atoms with Crippen LogP contribution in [0.2, 0.25) is 0 Å². The third kappa shape index (κ3) is 11.3. The highest BCUT2D eigenvalue weighted by Gasteiger charge is 2.19. The van der Waals surface area contributed by atoms with Crippen molar-refractivity contribution in [3.05, 3.63) is 0 Å². The van der Waals surface area contributed by atoms with Gasteiger partial charge in [0.25, 0.3) is 0 Å². The number of hydrogen-bond acceptors (Lipinski definition) is 2. The molecule has 0 radical (unpaired) electrons. The molecule has 0 aliphatic carbocycles. The molecule has 0 saturated carbocycles. The van der Waals surface area contributed by atoms with Crippen LogP contribution >= 0.6 is 0 Å². The van der Waals surface area contributed by atoms with Crippen molar-refractivity contribution in [1.82, 2.24) is 10.6 Å². The van der Waals surface area contributed by atoms with E-state index in [2.05, 4.69) is 31.4 Å². The molecule has 4 nitrogen and oxygen atoms in total. The predicted molar refractivity (Wildman–Crippen MR) is 88.1 cm³/mol. The summed E-state index contributed by atoms with van der Waals surface area (Å²) in [7, 11) is 0. The molecule has 1 unspecified atom stereocenters. The molecule has 0 aromatic heterocycles. The van der Waals surface area contributed by atoms with Gasteiger partial charge in [0.1, 0.15) is 0 Å². The lowest BCUT2D eigenvalue weighted by Gasteiger charge is -2.26. The minimum absolute atomic E-state index is 0.0236. The molecule has 2 amide bonds. The first kappa shape index (κ1) is 19.9. The Bertz CT molecular complexity index is 314. The molecule has 1 atom stereocenters. The monoisotopic (exact) mass is 298 g/mol. The van der Waals surface area contributed by atoms with E-state index in [0.717, 1.165) is 45.1 Å². The second-order valence-corrected chi connectivity index (χ2v) is 6.65. The van der Waals surface area contributed by atoms with Crippen molar-refractivity contribution in [3.8, 4) is 0 Å². The summed E-state index contributed by atoms with van der Waals surface area (Å²) < 4.78 is 0. The van der Waals surface area contributed by atoms with Crippen LogP contribution in [0.15, 0.2) is 0 Å². The van der Waals surface area contributed by atoms with Gasteiger partial charge < -0.3 is 10.6 Å². The van der Waals surface area contributed by atoms with Gasteiger partial charge in [-0.2, -0.15) is 0 Å². The van der Waals surface area contributed by atoms with Crippen molar-refractivity contribution in [3.63, 3.8) is 0 Å². The van der Waals surface area contributed by atoms with Gasteiger partial charge in [-0.05, 0) is 37.5 Å². The summed E-state index contributed by atoms with van der Waals surface area (Å²) >= 11 is 0. The van der Waals surface area contributed by atoms with Crippen molar-refractivity contribution in [2.24, 2.45) is 5.41 Å². The van der Waals surface area contributed by atoms with Gasteiger partial charge in [0.2, 0.25) is 11.8 Å². The van der Waals surface area contributed by atoms with Gasteiger partial charge in [0.05, 0.1) is 0 Å². The van der Waals surface area contributed by atoms with Crippen molar-refractivity contribution in [2.45, 2.75) is 85.6 Å². The summed E-state index contributed by atoms with van der Waals surface area (Å²) in [5.74, 6) is 0.159. The summed E-state index contributed by atoms with van der Waals surface area (Å²) in [6, 6.07) is 0.264. The fourth-order valence-corrected chi connectivity index (χ4v) is 2.14. The summed E-state index contributed by atoms with van der Waals surface area (Å²) in [5.41, 5.74) is 0.339. The fraction of sp³-hybridized carbons (Fsp3) is 0.882. The SMILES string of the molecule is CCC(=O)NC(CCCCNC(C)=O)CCC(C)(C)CC. The van der Waals surface area contributed by atoms with E-state index in [1.54, 1.807) is 0 Å². The molecule has 21 heavy (non-hydrogen) atoms. The van der Waals surface area contributed by atoms with Crippen LogP contribution in [0.3, 0.4) is 0 Å². The molecular formula is C17H34N2O2. The van der Waals surface area contributed by atoms with Crippen LogP contribution in [-0.4, -0.2) is 24.4 Å². The van der Waals surface area contributed by atoms with Crippen LogP contribution in [0.4, 0.5) is 0 Å². The van der Waals surface area contributed by atoms with E-state index >= 15 is 0 Å². The standard InChI is InChI=1S/C17H34N2O2/c1-6-16(21)19-15(11-12-17(4,5)7-2)10-8-9-13-18-14(3)20/h15H,6-13H2,1-5H3,(H,18,20)(H,19,21). The van der Waals surface area contributed by atoms with Gasteiger partial charge in [0, 0.05) is 25.9 Å². The molecule has 2 N–H and O–H groups in total. The highest BCUT2D eigenvalue weighted by molar-refractivity contribution is 5.75. The zero-order valence-electron chi connectivity index (χ0n) is 14.6. The van der Waals surface area contributed by atoms with Gasteiger partial charge in [-0.15, -0.1) is 0 Å². The molecule has 0 spiro atoms. The summed E-state index contributed by atoms with van der Waals surface area (Å²) in [4.78, 5) is 22.4. The first-order valence-electron chi connectivity index (χ1n) is 8.34. The Balaban J connectivity index is 4.14. The predicted octanol–water partition coefficient (Wildman–Crippen LogP) is 3.40. The van der Waals surface area contributed by atoms with E-state index in [9.17, 15) is 9.59 Å². The first-order chi connectivity index (χ1) is 9.80. The number of nitrogens with one attached hydrogen (secondary N) is 2. The summed E-state index contributed by atoms with van der Waals surface area (Å²) in [6.45, 7) is 10.9. The van der Waals surface area contributed by atoms with E-state index in [-0.39, 0.29) is 17.9 Å². The largest absolute Gasteiger partial charge is 0.356 e. The number of unbranched alkanes of at least 4 members (excludes halogenated alkanes) is 1. The molecule has 0 saturated heterocycles. The summed E-state index contributed by atoms with van der Waals surface area (Å²) in [6.07, 6.45) is 6.85. The molecule has 0 rings (SSSR count). The molecule has 0 aromatic rings. The van der Waals surface area contributed by atoms with Crippen molar-refractivity contribution in [1.29, 1.82) is 0 Å². The zero-order chi connectivity index (χ0) is 16.3. The topological polar surface area (TPSA) is 58.2 Å². The van der Waals surface area contributed by atoms with Gasteiger partial charge in [-0.3, -0.25) is 9.59 Å². The fourth-order valence-electron chi connectivity index (χ4n) is 2.14. The third-order valence-electron chi connectivity index (χ3n) is 4.17. The Labute approximate surface area is 130 Å². The van der Waals surface area contributed by atoms with E-state index in [0.29, 0.717) is 11.8 Å². The van der Waals surface area contributed by atoms with Gasteiger partial charge >= 0.3 is 0 Å². The Morgan fingerprint density at radius 2 is 1.76 bits per heavy atom. The van der Waals surface area contributed by atoms with Gasteiger partial charge in [-0.25, -0.2) is 0 Å². The Morgan fingerprint density at radius 3 is 2.29 bits per heavy atom. The first-order valence-corrected chi connectivity index (χ1v) is 8.34. The molecule has 0 bridgehead atoms. The van der Waals surface area contributed by atoms with Gasteiger partial charge in [-0.1, -0.05) is 34.1 Å². The maximum Gasteiger partial charge on any atom is 0.219 e. The van der Waals surface area contributed by atoms with Crippen LogP contribution in [0.25, 0.3) is 0 Å². The van der Waals surface area contributed by atoms with Crippen LogP contribution in [0, 0.1) is 5.41 Å². The minimum atomic E-state index is 0.0236. The number of carbonyl (C=O) groups is 2. The van der Waals surface area contributed by atoms with Crippen molar-refractivity contribution in [2.75, 3.05) is 6.54 Å². The molecule has 0 fully saturated rings. The van der Waals surface area contributed by atoms with Crippen LogP contribution < -0.4 is 10.6 Å². The Morgan fingerprint density at radius 1 is 1.10 bits per heavy atom. The molecular weight excluding hydrogens is 264 g/mol. The normalized spacial score (nSPS) is 12.8. The average molecular weight is 298 g/mol. The molecule has 4 heteroatoms. The Kier molecular flexibility index (Phi) is 10.1. The zero-order valence-corrected chi connectivity index (χ0v) is 14.6. The van der Waals surface area contributed by atoms with E-state index in [4.69, 9.17) is 0 Å². The molecule has 0 aliphatic rings. The molecule has 0 aliphatic heterocycles. The highest BCUT2D eigenvalue weighted by Crippen LogP contribution is 2.27. The molecule has 124 valence electrons. The summed E-state index contributed by atoms with van der Waals surface area (Å²) in [5, 5.41) is 5.95. The average Bonchev–Trinajstić information content (AvgIpc) is 2.43. The molecule has 0 aromatic carbocycles. The molecule has 0 heterocycles.